The molecule has 0 fully saturated rings. The quantitative estimate of drug-likeness (QED) is 0.758. The summed E-state index contributed by atoms with van der Waals surface area (Å²) in [5.74, 6) is -0.387. The number of carbonyl (C=O) groups excluding carboxylic acids is 2. The zero-order chi connectivity index (χ0) is 16.8. The number of rotatable bonds is 3. The summed E-state index contributed by atoms with van der Waals surface area (Å²) in [4.78, 5) is 23.1. The molecule has 0 saturated carbocycles. The Kier molecular flexibility index (Phi) is 5.43. The lowest BCUT2D eigenvalue weighted by molar-refractivity contribution is -0.114. The van der Waals surface area contributed by atoms with Gasteiger partial charge in [-0.2, -0.15) is 0 Å². The van der Waals surface area contributed by atoms with E-state index in [0.717, 1.165) is 5.56 Å². The first-order chi connectivity index (χ1) is 11.0. The van der Waals surface area contributed by atoms with Crippen molar-refractivity contribution >= 4 is 40.5 Å². The second-order valence-electron chi connectivity index (χ2n) is 4.98. The zero-order valence-electron chi connectivity index (χ0n) is 12.8. The minimum absolute atomic E-state index is 0.133. The first-order valence-electron chi connectivity index (χ1n) is 7.01. The number of hydrogen-bond donors (Lipinski definition) is 3. The molecule has 2 aromatic rings. The van der Waals surface area contributed by atoms with Crippen molar-refractivity contribution in [1.29, 1.82) is 0 Å². The topological polar surface area (TPSA) is 70.2 Å². The number of carbonyl (C=O) groups is 2. The lowest BCUT2D eigenvalue weighted by atomic mass is 10.1. The smallest absolute Gasteiger partial charge is 0.257 e. The molecule has 0 radical (unpaired) electrons. The maximum absolute atomic E-state index is 12.2. The van der Waals surface area contributed by atoms with Gasteiger partial charge in [0.15, 0.2) is 5.11 Å². The van der Waals surface area contributed by atoms with Crippen molar-refractivity contribution in [1.82, 2.24) is 5.32 Å². The predicted molar refractivity (Wildman–Crippen MR) is 95.6 cm³/mol. The number of amides is 2. The molecular formula is C17H17N3O2S. The van der Waals surface area contributed by atoms with Gasteiger partial charge in [-0.3, -0.25) is 14.9 Å². The summed E-state index contributed by atoms with van der Waals surface area (Å²) < 4.78 is 0. The normalized spacial score (nSPS) is 9.83. The van der Waals surface area contributed by atoms with Crippen LogP contribution in [0.4, 0.5) is 11.4 Å². The second kappa shape index (κ2) is 7.51. The van der Waals surface area contributed by atoms with E-state index in [1.54, 1.807) is 36.4 Å². The van der Waals surface area contributed by atoms with E-state index >= 15 is 0 Å². The third-order valence-corrected chi connectivity index (χ3v) is 3.28. The Balaban J connectivity index is 1.95. The molecule has 2 rings (SSSR count). The van der Waals surface area contributed by atoms with Gasteiger partial charge in [0.25, 0.3) is 5.91 Å². The lowest BCUT2D eigenvalue weighted by Crippen LogP contribution is -2.34. The molecule has 118 valence electrons. The van der Waals surface area contributed by atoms with Crippen molar-refractivity contribution in [3.63, 3.8) is 0 Å². The highest BCUT2D eigenvalue weighted by Crippen LogP contribution is 2.13. The van der Waals surface area contributed by atoms with Gasteiger partial charge in [0, 0.05) is 23.9 Å². The highest BCUT2D eigenvalue weighted by Gasteiger charge is 2.10. The maximum atomic E-state index is 12.2. The third kappa shape index (κ3) is 4.89. The van der Waals surface area contributed by atoms with E-state index in [-0.39, 0.29) is 16.9 Å². The van der Waals surface area contributed by atoms with E-state index in [2.05, 4.69) is 16.0 Å². The number of hydrogen-bond acceptors (Lipinski definition) is 3. The molecule has 0 aliphatic rings. The summed E-state index contributed by atoms with van der Waals surface area (Å²) in [6.07, 6.45) is 0. The van der Waals surface area contributed by atoms with Gasteiger partial charge in [-0.1, -0.05) is 18.2 Å². The molecule has 0 bridgehead atoms. The first-order valence-corrected chi connectivity index (χ1v) is 7.42. The van der Waals surface area contributed by atoms with E-state index in [4.69, 9.17) is 12.2 Å². The summed E-state index contributed by atoms with van der Waals surface area (Å²) in [6.45, 7) is 3.31. The molecule has 0 aliphatic carbocycles. The summed E-state index contributed by atoms with van der Waals surface area (Å²) in [6, 6.07) is 14.3. The molecule has 5 nitrogen and oxygen atoms in total. The minimum atomic E-state index is -0.254. The number of aryl methyl sites for hydroxylation is 1. The van der Waals surface area contributed by atoms with Crippen LogP contribution < -0.4 is 16.0 Å². The number of nitrogens with one attached hydrogen (secondary N) is 3. The maximum Gasteiger partial charge on any atom is 0.257 e. The standard InChI is InChI=1S/C17H17N3O2S/c1-11-5-3-4-6-15(11)16(22)20-17(23)19-14-9-7-13(8-10-14)18-12(2)21/h3-10H,1-2H3,(H,18,21)(H2,19,20,22,23). The van der Waals surface area contributed by atoms with Crippen LogP contribution in [0.15, 0.2) is 48.5 Å². The largest absolute Gasteiger partial charge is 0.332 e. The van der Waals surface area contributed by atoms with Crippen LogP contribution in [0, 0.1) is 6.92 Å². The van der Waals surface area contributed by atoms with Gasteiger partial charge in [0.05, 0.1) is 0 Å². The van der Waals surface area contributed by atoms with E-state index in [1.165, 1.54) is 6.92 Å². The second-order valence-corrected chi connectivity index (χ2v) is 5.39. The fraction of sp³-hybridized carbons (Fsp3) is 0.118. The monoisotopic (exact) mass is 327 g/mol. The van der Waals surface area contributed by atoms with Gasteiger partial charge in [-0.15, -0.1) is 0 Å². The van der Waals surface area contributed by atoms with Gasteiger partial charge in [0.1, 0.15) is 0 Å². The van der Waals surface area contributed by atoms with Crippen molar-refractivity contribution in [2.45, 2.75) is 13.8 Å². The van der Waals surface area contributed by atoms with Gasteiger partial charge in [-0.25, -0.2) is 0 Å². The Morgan fingerprint density at radius 1 is 0.913 bits per heavy atom. The Morgan fingerprint density at radius 2 is 1.48 bits per heavy atom. The molecule has 0 aliphatic heterocycles. The van der Waals surface area contributed by atoms with Gasteiger partial charge >= 0.3 is 0 Å². The van der Waals surface area contributed by atoms with Gasteiger partial charge in [0.2, 0.25) is 5.91 Å². The van der Waals surface area contributed by atoms with Crippen molar-refractivity contribution < 1.29 is 9.59 Å². The molecule has 23 heavy (non-hydrogen) atoms. The molecule has 0 saturated heterocycles. The molecule has 2 amide bonds. The van der Waals surface area contributed by atoms with E-state index in [9.17, 15) is 9.59 Å². The van der Waals surface area contributed by atoms with E-state index in [0.29, 0.717) is 16.9 Å². The van der Waals surface area contributed by atoms with Crippen molar-refractivity contribution in [2.24, 2.45) is 0 Å². The molecule has 0 heterocycles. The van der Waals surface area contributed by atoms with Crippen LogP contribution in [0.3, 0.4) is 0 Å². The van der Waals surface area contributed by atoms with E-state index in [1.807, 2.05) is 19.1 Å². The summed E-state index contributed by atoms with van der Waals surface area (Å²) >= 11 is 5.15. The number of thiocarbonyl (C=S) groups is 1. The zero-order valence-corrected chi connectivity index (χ0v) is 13.7. The van der Waals surface area contributed by atoms with Crippen LogP contribution in [-0.4, -0.2) is 16.9 Å². The molecular weight excluding hydrogens is 310 g/mol. The lowest BCUT2D eigenvalue weighted by Gasteiger charge is -2.11. The van der Waals surface area contributed by atoms with Crippen molar-refractivity contribution in [2.75, 3.05) is 10.6 Å². The Bertz CT molecular complexity index is 742. The average Bonchev–Trinajstić information content (AvgIpc) is 2.49. The number of anilines is 2. The summed E-state index contributed by atoms with van der Waals surface area (Å²) in [5.41, 5.74) is 2.87. The van der Waals surface area contributed by atoms with Crippen LogP contribution in [0.2, 0.25) is 0 Å². The fourth-order valence-electron chi connectivity index (χ4n) is 2.00. The molecule has 0 spiro atoms. The minimum Gasteiger partial charge on any atom is -0.332 e. The highest BCUT2D eigenvalue weighted by molar-refractivity contribution is 7.80. The first kappa shape index (κ1) is 16.6. The van der Waals surface area contributed by atoms with Crippen molar-refractivity contribution in [3.8, 4) is 0 Å². The average molecular weight is 327 g/mol. The molecule has 2 aromatic carbocycles. The molecule has 0 atom stereocenters. The van der Waals surface area contributed by atoms with Crippen LogP contribution in [0.5, 0.6) is 0 Å². The summed E-state index contributed by atoms with van der Waals surface area (Å²) in [5, 5.41) is 8.46. The SMILES string of the molecule is CC(=O)Nc1ccc(NC(=S)NC(=O)c2ccccc2C)cc1. The van der Waals surface area contributed by atoms with E-state index < -0.39 is 0 Å². The van der Waals surface area contributed by atoms with Crippen molar-refractivity contribution in [3.05, 3.63) is 59.7 Å². The van der Waals surface area contributed by atoms with Crippen LogP contribution >= 0.6 is 12.2 Å². The molecule has 0 aromatic heterocycles. The third-order valence-electron chi connectivity index (χ3n) is 3.08. The van der Waals surface area contributed by atoms with Crippen LogP contribution in [-0.2, 0) is 4.79 Å². The predicted octanol–water partition coefficient (Wildman–Crippen LogP) is 3.08. The fourth-order valence-corrected chi connectivity index (χ4v) is 2.21. The Hall–Kier alpha value is -2.73. The van der Waals surface area contributed by atoms with Gasteiger partial charge < -0.3 is 10.6 Å². The van der Waals surface area contributed by atoms with Crippen LogP contribution in [0.25, 0.3) is 0 Å². The Morgan fingerprint density at radius 3 is 2.04 bits per heavy atom. The molecule has 3 N–H and O–H groups in total. The number of benzene rings is 2. The molecule has 6 heteroatoms. The van der Waals surface area contributed by atoms with Crippen LogP contribution in [0.1, 0.15) is 22.8 Å². The highest BCUT2D eigenvalue weighted by atomic mass is 32.1. The Labute approximate surface area is 140 Å². The summed E-state index contributed by atoms with van der Waals surface area (Å²) in [7, 11) is 0. The van der Waals surface area contributed by atoms with Gasteiger partial charge in [-0.05, 0) is 55.0 Å². The molecule has 0 unspecified atom stereocenters.